The second-order valence-electron chi connectivity index (χ2n) is 3.06. The number of rotatable bonds is 3. The number of nitrogens with zero attached hydrogens (tertiary/aromatic N) is 1. The summed E-state index contributed by atoms with van der Waals surface area (Å²) in [6, 6.07) is 5.96. The summed E-state index contributed by atoms with van der Waals surface area (Å²) in [5, 5.41) is 17.6. The molecule has 4 nitrogen and oxygen atoms in total. The Hall–Kier alpha value is -1.28. The molecule has 0 aliphatic carbocycles. The molecule has 0 spiro atoms. The number of hydrogen-bond acceptors (Lipinski definition) is 3. The zero-order valence-electron chi connectivity index (χ0n) is 8.18. The number of nitriles is 1. The van der Waals surface area contributed by atoms with Gasteiger partial charge in [0.25, 0.3) is 0 Å². The molecule has 3 N–H and O–H groups in total. The molecular formula is C10H10Cl2N2O2. The van der Waals surface area contributed by atoms with Crippen LogP contribution >= 0.6 is 24.0 Å². The van der Waals surface area contributed by atoms with E-state index in [9.17, 15) is 4.79 Å². The Morgan fingerprint density at radius 1 is 1.62 bits per heavy atom. The summed E-state index contributed by atoms with van der Waals surface area (Å²) in [5.41, 5.74) is 6.53. The lowest BCUT2D eigenvalue weighted by Gasteiger charge is -2.09. The average molecular weight is 261 g/mol. The van der Waals surface area contributed by atoms with E-state index in [4.69, 9.17) is 27.7 Å². The topological polar surface area (TPSA) is 87.1 Å². The predicted molar refractivity (Wildman–Crippen MR) is 62.6 cm³/mol. The third-order valence-corrected chi connectivity index (χ3v) is 2.26. The van der Waals surface area contributed by atoms with Gasteiger partial charge in [-0.25, -0.2) is 0 Å². The zero-order valence-corrected chi connectivity index (χ0v) is 9.76. The van der Waals surface area contributed by atoms with E-state index in [2.05, 4.69) is 0 Å². The summed E-state index contributed by atoms with van der Waals surface area (Å²) in [6.45, 7) is 0. The summed E-state index contributed by atoms with van der Waals surface area (Å²) in [4.78, 5) is 10.4. The van der Waals surface area contributed by atoms with Gasteiger partial charge >= 0.3 is 5.97 Å². The van der Waals surface area contributed by atoms with Crippen molar-refractivity contribution in [3.63, 3.8) is 0 Å². The highest BCUT2D eigenvalue weighted by Crippen LogP contribution is 2.21. The van der Waals surface area contributed by atoms with Crippen molar-refractivity contribution in [3.8, 4) is 6.07 Å². The smallest absolute Gasteiger partial charge is 0.305 e. The monoisotopic (exact) mass is 260 g/mol. The highest BCUT2D eigenvalue weighted by Gasteiger charge is 2.12. The van der Waals surface area contributed by atoms with E-state index in [1.807, 2.05) is 6.07 Å². The second-order valence-corrected chi connectivity index (χ2v) is 3.46. The van der Waals surface area contributed by atoms with E-state index in [1.165, 1.54) is 12.1 Å². The second kappa shape index (κ2) is 6.33. The molecule has 0 amide bonds. The quantitative estimate of drug-likeness (QED) is 0.872. The maximum atomic E-state index is 10.4. The SMILES string of the molecule is Cl.N#Cc1cc(C(N)CC(=O)O)ccc1Cl. The van der Waals surface area contributed by atoms with Gasteiger partial charge in [-0.2, -0.15) is 5.26 Å². The Bertz CT molecular complexity index is 429. The molecule has 1 atom stereocenters. The van der Waals surface area contributed by atoms with Crippen molar-refractivity contribution in [2.24, 2.45) is 5.73 Å². The van der Waals surface area contributed by atoms with Gasteiger partial charge in [-0.3, -0.25) is 4.79 Å². The van der Waals surface area contributed by atoms with Crippen molar-refractivity contribution in [1.82, 2.24) is 0 Å². The van der Waals surface area contributed by atoms with Crippen LogP contribution in [-0.2, 0) is 4.79 Å². The van der Waals surface area contributed by atoms with Crippen LogP contribution in [0.15, 0.2) is 18.2 Å². The normalized spacial score (nSPS) is 11.1. The lowest BCUT2D eigenvalue weighted by molar-refractivity contribution is -0.137. The van der Waals surface area contributed by atoms with E-state index in [-0.39, 0.29) is 18.8 Å². The molecule has 1 aromatic rings. The molecule has 86 valence electrons. The van der Waals surface area contributed by atoms with E-state index >= 15 is 0 Å². The summed E-state index contributed by atoms with van der Waals surface area (Å²) >= 11 is 5.73. The van der Waals surface area contributed by atoms with Gasteiger partial charge in [-0.1, -0.05) is 17.7 Å². The van der Waals surface area contributed by atoms with E-state index in [0.717, 1.165) is 0 Å². The fraction of sp³-hybridized carbons (Fsp3) is 0.200. The minimum atomic E-state index is -0.976. The molecule has 1 aromatic carbocycles. The van der Waals surface area contributed by atoms with Crippen LogP contribution in [0.2, 0.25) is 5.02 Å². The number of nitrogens with two attached hydrogens (primary N) is 1. The van der Waals surface area contributed by atoms with Gasteiger partial charge in [0.2, 0.25) is 0 Å². The molecule has 16 heavy (non-hydrogen) atoms. The fourth-order valence-corrected chi connectivity index (χ4v) is 1.32. The lowest BCUT2D eigenvalue weighted by Crippen LogP contribution is -2.15. The maximum Gasteiger partial charge on any atom is 0.305 e. The van der Waals surface area contributed by atoms with Crippen LogP contribution in [0.25, 0.3) is 0 Å². The summed E-state index contributed by atoms with van der Waals surface area (Å²) < 4.78 is 0. The Balaban J connectivity index is 0.00000225. The number of carboxylic acids is 1. The summed E-state index contributed by atoms with van der Waals surface area (Å²) in [7, 11) is 0. The third-order valence-electron chi connectivity index (χ3n) is 1.93. The van der Waals surface area contributed by atoms with E-state index in [0.29, 0.717) is 16.1 Å². The van der Waals surface area contributed by atoms with Gasteiger partial charge in [-0.05, 0) is 17.7 Å². The van der Waals surface area contributed by atoms with Crippen LogP contribution in [0.3, 0.4) is 0 Å². The fourth-order valence-electron chi connectivity index (χ4n) is 1.17. The van der Waals surface area contributed by atoms with Crippen molar-refractivity contribution < 1.29 is 9.90 Å². The highest BCUT2D eigenvalue weighted by molar-refractivity contribution is 6.31. The van der Waals surface area contributed by atoms with Crippen molar-refractivity contribution in [3.05, 3.63) is 34.3 Å². The number of aliphatic carboxylic acids is 1. The van der Waals surface area contributed by atoms with Crippen LogP contribution in [0.5, 0.6) is 0 Å². The Kier molecular flexibility index (Phi) is 5.83. The van der Waals surface area contributed by atoms with Crippen molar-refractivity contribution in [2.45, 2.75) is 12.5 Å². The molecule has 1 rings (SSSR count). The van der Waals surface area contributed by atoms with Gasteiger partial charge in [0.15, 0.2) is 0 Å². The van der Waals surface area contributed by atoms with Gasteiger partial charge in [0, 0.05) is 6.04 Å². The molecule has 0 aliphatic heterocycles. The van der Waals surface area contributed by atoms with Crippen LogP contribution in [0, 0.1) is 11.3 Å². The minimum Gasteiger partial charge on any atom is -0.481 e. The highest BCUT2D eigenvalue weighted by atomic mass is 35.5. The van der Waals surface area contributed by atoms with Gasteiger partial charge in [-0.15, -0.1) is 12.4 Å². The van der Waals surface area contributed by atoms with Crippen molar-refractivity contribution in [2.75, 3.05) is 0 Å². The molecule has 0 saturated heterocycles. The van der Waals surface area contributed by atoms with Crippen LogP contribution < -0.4 is 5.73 Å². The van der Waals surface area contributed by atoms with Gasteiger partial charge < -0.3 is 10.8 Å². The number of hydrogen-bond donors (Lipinski definition) is 2. The van der Waals surface area contributed by atoms with Crippen LogP contribution in [-0.4, -0.2) is 11.1 Å². The number of carboxylic acid groups (broad SMARTS) is 1. The summed E-state index contributed by atoms with van der Waals surface area (Å²) in [6.07, 6.45) is -0.174. The minimum absolute atomic E-state index is 0. The zero-order chi connectivity index (χ0) is 11.4. The third kappa shape index (κ3) is 3.70. The van der Waals surface area contributed by atoms with Crippen molar-refractivity contribution >= 4 is 30.0 Å². The Morgan fingerprint density at radius 2 is 2.25 bits per heavy atom. The Labute approximate surface area is 104 Å². The first-order valence-corrected chi connectivity index (χ1v) is 4.59. The predicted octanol–water partition coefficient (Wildman–Crippen LogP) is 2.11. The molecule has 0 aromatic heterocycles. The first kappa shape index (κ1) is 14.7. The first-order chi connectivity index (χ1) is 7.04. The molecule has 0 radical (unpaired) electrons. The molecule has 0 saturated carbocycles. The molecule has 0 fully saturated rings. The van der Waals surface area contributed by atoms with Crippen LogP contribution in [0.4, 0.5) is 0 Å². The number of halogens is 2. The van der Waals surface area contributed by atoms with Gasteiger partial charge in [0.1, 0.15) is 6.07 Å². The number of carbonyl (C=O) groups is 1. The van der Waals surface area contributed by atoms with E-state index in [1.54, 1.807) is 6.07 Å². The molecule has 0 heterocycles. The maximum absolute atomic E-state index is 10.4. The standard InChI is InChI=1S/C10H9ClN2O2.ClH/c11-8-2-1-6(3-7(8)5-12)9(13)4-10(14)15;/h1-3,9H,4,13H2,(H,14,15);1H. The number of benzene rings is 1. The largest absolute Gasteiger partial charge is 0.481 e. The molecular weight excluding hydrogens is 251 g/mol. The molecule has 6 heteroatoms. The average Bonchev–Trinajstić information content (AvgIpc) is 2.17. The molecule has 0 bridgehead atoms. The molecule has 0 aliphatic rings. The Morgan fingerprint density at radius 3 is 2.75 bits per heavy atom. The summed E-state index contributed by atoms with van der Waals surface area (Å²) in [5.74, 6) is -0.976. The lowest BCUT2D eigenvalue weighted by atomic mass is 10.0. The van der Waals surface area contributed by atoms with Gasteiger partial charge in [0.05, 0.1) is 17.0 Å². The molecule has 1 unspecified atom stereocenters. The first-order valence-electron chi connectivity index (χ1n) is 4.21. The van der Waals surface area contributed by atoms with Crippen molar-refractivity contribution in [1.29, 1.82) is 5.26 Å². The van der Waals surface area contributed by atoms with Crippen LogP contribution in [0.1, 0.15) is 23.6 Å². The van der Waals surface area contributed by atoms with E-state index < -0.39 is 12.0 Å².